The van der Waals surface area contributed by atoms with E-state index in [0.717, 1.165) is 16.4 Å². The van der Waals surface area contributed by atoms with E-state index in [1.807, 2.05) is 0 Å². The van der Waals surface area contributed by atoms with E-state index in [0.29, 0.717) is 0 Å². The van der Waals surface area contributed by atoms with Crippen molar-refractivity contribution in [3.8, 4) is 0 Å². The highest BCUT2D eigenvalue weighted by atomic mass is 32.2. The predicted octanol–water partition coefficient (Wildman–Crippen LogP) is 3.02. The smallest absolute Gasteiger partial charge is 0.0141 e. The summed E-state index contributed by atoms with van der Waals surface area (Å²) in [5.41, 5.74) is 0. The van der Waals surface area contributed by atoms with Crippen LogP contribution in [0.15, 0.2) is 0 Å². The van der Waals surface area contributed by atoms with E-state index in [1.165, 1.54) is 30.8 Å². The van der Waals surface area contributed by atoms with Crippen LogP contribution in [0.2, 0.25) is 0 Å². The molecule has 2 aliphatic heterocycles. The van der Waals surface area contributed by atoms with Crippen LogP contribution in [-0.4, -0.2) is 22.0 Å². The van der Waals surface area contributed by atoms with Gasteiger partial charge in [0, 0.05) is 22.0 Å². The number of hydrogen-bond acceptors (Lipinski definition) is 2. The van der Waals surface area contributed by atoms with Gasteiger partial charge < -0.3 is 0 Å². The van der Waals surface area contributed by atoms with Gasteiger partial charge in [-0.25, -0.2) is 0 Å². The first-order valence-corrected chi connectivity index (χ1v) is 6.67. The van der Waals surface area contributed by atoms with Gasteiger partial charge in [-0.3, -0.25) is 0 Å². The lowest BCUT2D eigenvalue weighted by molar-refractivity contribution is 0.489. The molecule has 64 valence electrons. The summed E-state index contributed by atoms with van der Waals surface area (Å²) in [5.74, 6) is 3.89. The molecule has 2 heteroatoms. The Morgan fingerprint density at radius 3 is 2.45 bits per heavy atom. The number of thioether (sulfide) groups is 2. The summed E-state index contributed by atoms with van der Waals surface area (Å²) in [7, 11) is 0. The van der Waals surface area contributed by atoms with E-state index in [4.69, 9.17) is 0 Å². The van der Waals surface area contributed by atoms with E-state index >= 15 is 0 Å². The zero-order chi connectivity index (χ0) is 7.68. The molecule has 0 aromatic carbocycles. The molecule has 0 N–H and O–H groups in total. The van der Waals surface area contributed by atoms with Crippen molar-refractivity contribution in [1.29, 1.82) is 0 Å². The largest absolute Gasteiger partial charge is 0.157 e. The molecule has 0 spiro atoms. The van der Waals surface area contributed by atoms with Crippen LogP contribution in [0.1, 0.15) is 26.2 Å². The zero-order valence-corrected chi connectivity index (χ0v) is 8.72. The van der Waals surface area contributed by atoms with Gasteiger partial charge in [0.15, 0.2) is 0 Å². The van der Waals surface area contributed by atoms with Crippen molar-refractivity contribution in [2.75, 3.05) is 11.5 Å². The first-order valence-electron chi connectivity index (χ1n) is 4.58. The highest BCUT2D eigenvalue weighted by Gasteiger charge is 2.26. The molecule has 2 saturated heterocycles. The summed E-state index contributed by atoms with van der Waals surface area (Å²) in [6, 6.07) is 0. The molecule has 2 rings (SSSR count). The van der Waals surface area contributed by atoms with Gasteiger partial charge in [0.05, 0.1) is 0 Å². The van der Waals surface area contributed by atoms with Crippen LogP contribution >= 0.6 is 23.5 Å². The molecule has 2 heterocycles. The van der Waals surface area contributed by atoms with Gasteiger partial charge in [0.1, 0.15) is 0 Å². The Hall–Kier alpha value is 0.700. The van der Waals surface area contributed by atoms with Crippen LogP contribution in [0.3, 0.4) is 0 Å². The highest BCUT2D eigenvalue weighted by molar-refractivity contribution is 8.07. The first-order chi connectivity index (χ1) is 5.34. The fourth-order valence-electron chi connectivity index (χ4n) is 1.48. The van der Waals surface area contributed by atoms with Crippen LogP contribution in [0, 0.1) is 5.92 Å². The molecule has 0 aromatic rings. The Labute approximate surface area is 77.9 Å². The van der Waals surface area contributed by atoms with Crippen molar-refractivity contribution >= 4 is 23.5 Å². The molecular weight excluding hydrogens is 172 g/mol. The fraction of sp³-hybridized carbons (Fsp3) is 1.00. The lowest BCUT2D eigenvalue weighted by atomic mass is 10.00. The maximum absolute atomic E-state index is 2.42. The second-order valence-corrected chi connectivity index (χ2v) is 6.50. The SMILES string of the molecule is CC(CCC1CS1)CC1CS1. The minimum absolute atomic E-state index is 0.996. The summed E-state index contributed by atoms with van der Waals surface area (Å²) < 4.78 is 0. The quantitative estimate of drug-likeness (QED) is 0.608. The summed E-state index contributed by atoms with van der Waals surface area (Å²) in [5, 5.41) is 2.11. The molecule has 3 unspecified atom stereocenters. The molecule has 3 atom stereocenters. The predicted molar refractivity (Wildman–Crippen MR) is 55.5 cm³/mol. The molecule has 0 saturated carbocycles. The summed E-state index contributed by atoms with van der Waals surface area (Å²) in [6.07, 6.45) is 4.46. The molecule has 0 bridgehead atoms. The van der Waals surface area contributed by atoms with Crippen LogP contribution < -0.4 is 0 Å². The average Bonchev–Trinajstić information content (AvgIpc) is 2.80. The molecule has 0 aromatic heterocycles. The Balaban J connectivity index is 1.52. The highest BCUT2D eigenvalue weighted by Crippen LogP contribution is 2.39. The monoisotopic (exact) mass is 188 g/mol. The molecule has 0 radical (unpaired) electrons. The Kier molecular flexibility index (Phi) is 2.73. The minimum Gasteiger partial charge on any atom is -0.157 e. The first kappa shape index (κ1) is 8.31. The second kappa shape index (κ2) is 3.61. The van der Waals surface area contributed by atoms with E-state index in [1.54, 1.807) is 0 Å². The molecule has 0 amide bonds. The third-order valence-electron chi connectivity index (χ3n) is 2.45. The van der Waals surface area contributed by atoms with E-state index < -0.39 is 0 Å². The second-order valence-electron chi connectivity index (χ2n) is 3.83. The van der Waals surface area contributed by atoms with Gasteiger partial charge in [-0.1, -0.05) is 6.92 Å². The van der Waals surface area contributed by atoms with Crippen molar-refractivity contribution in [2.45, 2.75) is 36.7 Å². The number of rotatable bonds is 5. The summed E-state index contributed by atoms with van der Waals surface area (Å²) in [6.45, 7) is 2.42. The summed E-state index contributed by atoms with van der Waals surface area (Å²) >= 11 is 4.28. The van der Waals surface area contributed by atoms with Crippen molar-refractivity contribution in [3.05, 3.63) is 0 Å². The Bertz CT molecular complexity index is 128. The fourth-order valence-corrected chi connectivity index (χ4v) is 2.82. The van der Waals surface area contributed by atoms with Gasteiger partial charge in [-0.15, -0.1) is 0 Å². The van der Waals surface area contributed by atoms with Crippen molar-refractivity contribution in [1.82, 2.24) is 0 Å². The minimum atomic E-state index is 0.996. The van der Waals surface area contributed by atoms with Crippen LogP contribution in [0.5, 0.6) is 0 Å². The maximum atomic E-state index is 2.42. The topological polar surface area (TPSA) is 0 Å². The molecule has 2 fully saturated rings. The average molecular weight is 188 g/mol. The standard InChI is InChI=1S/C9H16S2/c1-7(4-9-6-11-9)2-3-8-5-10-8/h7-9H,2-6H2,1H3. The third-order valence-corrected chi connectivity index (χ3v) is 4.49. The van der Waals surface area contributed by atoms with Gasteiger partial charge in [0.2, 0.25) is 0 Å². The van der Waals surface area contributed by atoms with Gasteiger partial charge in [0.25, 0.3) is 0 Å². The maximum Gasteiger partial charge on any atom is 0.0141 e. The van der Waals surface area contributed by atoms with E-state index in [2.05, 4.69) is 30.4 Å². The molecule has 11 heavy (non-hydrogen) atoms. The van der Waals surface area contributed by atoms with Gasteiger partial charge in [-0.2, -0.15) is 23.5 Å². The molecular formula is C9H16S2. The van der Waals surface area contributed by atoms with Crippen molar-refractivity contribution in [2.24, 2.45) is 5.92 Å². The van der Waals surface area contributed by atoms with Crippen LogP contribution in [-0.2, 0) is 0 Å². The van der Waals surface area contributed by atoms with Gasteiger partial charge >= 0.3 is 0 Å². The lowest BCUT2D eigenvalue weighted by Gasteiger charge is -2.07. The van der Waals surface area contributed by atoms with E-state index in [9.17, 15) is 0 Å². The summed E-state index contributed by atoms with van der Waals surface area (Å²) in [4.78, 5) is 0. The van der Waals surface area contributed by atoms with Crippen LogP contribution in [0.4, 0.5) is 0 Å². The van der Waals surface area contributed by atoms with Crippen molar-refractivity contribution in [3.63, 3.8) is 0 Å². The van der Waals surface area contributed by atoms with Crippen molar-refractivity contribution < 1.29 is 0 Å². The van der Waals surface area contributed by atoms with Gasteiger partial charge in [-0.05, 0) is 25.2 Å². The lowest BCUT2D eigenvalue weighted by Crippen LogP contribution is -2.00. The van der Waals surface area contributed by atoms with Crippen LogP contribution in [0.25, 0.3) is 0 Å². The zero-order valence-electron chi connectivity index (χ0n) is 7.08. The Morgan fingerprint density at radius 1 is 1.27 bits per heavy atom. The molecule has 0 aliphatic carbocycles. The normalized spacial score (nSPS) is 36.8. The third kappa shape index (κ3) is 3.29. The molecule has 0 nitrogen and oxygen atoms in total. The number of hydrogen-bond donors (Lipinski definition) is 0. The Morgan fingerprint density at radius 2 is 1.91 bits per heavy atom. The van der Waals surface area contributed by atoms with E-state index in [-0.39, 0.29) is 0 Å². The molecule has 2 aliphatic rings.